The Labute approximate surface area is 100 Å². The van der Waals surface area contributed by atoms with E-state index in [1.165, 1.54) is 5.56 Å². The summed E-state index contributed by atoms with van der Waals surface area (Å²) < 4.78 is 0. The first-order chi connectivity index (χ1) is 7.69. The minimum atomic E-state index is -0.556. The predicted octanol–water partition coefficient (Wildman–Crippen LogP) is 1.92. The smallest absolute Gasteiger partial charge is 0.115 e. The predicted molar refractivity (Wildman–Crippen MR) is 64.0 cm³/mol. The van der Waals surface area contributed by atoms with Gasteiger partial charge < -0.3 is 0 Å². The molecule has 1 aliphatic carbocycles. The molecule has 0 saturated carbocycles. The van der Waals surface area contributed by atoms with E-state index in [2.05, 4.69) is 17.3 Å². The molecule has 1 unspecified atom stereocenters. The van der Waals surface area contributed by atoms with Crippen molar-refractivity contribution < 1.29 is 0 Å². The van der Waals surface area contributed by atoms with E-state index in [0.29, 0.717) is 24.4 Å². The number of fused-ring (bicyclic) bond motifs is 1. The number of halogens is 1. The summed E-state index contributed by atoms with van der Waals surface area (Å²) in [6, 6.07) is 8.09. The van der Waals surface area contributed by atoms with E-state index in [1.54, 1.807) is 0 Å². The van der Waals surface area contributed by atoms with Gasteiger partial charge in [-0.25, -0.2) is 0 Å². The summed E-state index contributed by atoms with van der Waals surface area (Å²) in [6.07, 6.45) is 6.57. The average molecular weight is 231 g/mol. The van der Waals surface area contributed by atoms with Gasteiger partial charge in [0.1, 0.15) is 5.54 Å². The van der Waals surface area contributed by atoms with Gasteiger partial charge in [-0.05, 0) is 23.3 Å². The van der Waals surface area contributed by atoms with Crippen LogP contribution in [0.15, 0.2) is 18.2 Å². The van der Waals surface area contributed by atoms with Gasteiger partial charge in [-0.3, -0.25) is 5.32 Å². The summed E-state index contributed by atoms with van der Waals surface area (Å²) in [6.45, 7) is 0.412. The van der Waals surface area contributed by atoms with Crippen molar-refractivity contribution in [2.45, 2.75) is 18.4 Å². The Bertz CT molecular complexity index is 496. The van der Waals surface area contributed by atoms with E-state index in [4.69, 9.17) is 18.0 Å². The van der Waals surface area contributed by atoms with Crippen molar-refractivity contribution in [3.8, 4) is 18.4 Å². The van der Waals surface area contributed by atoms with Crippen molar-refractivity contribution in [1.29, 1.82) is 5.26 Å². The van der Waals surface area contributed by atoms with Gasteiger partial charge in [0.2, 0.25) is 0 Å². The normalized spacial score (nSPS) is 22.2. The molecule has 2 nitrogen and oxygen atoms in total. The number of nitrogens with zero attached hydrogens (tertiary/aromatic N) is 1. The zero-order chi connectivity index (χ0) is 11.6. The van der Waals surface area contributed by atoms with E-state index in [0.717, 1.165) is 5.56 Å². The number of benzene rings is 1. The standard InChI is InChI=1S/C13H11ClN2/c1-2-5-16-13(9-15)7-10-3-4-12(14)6-11(10)8-13/h1,3-4,6,16H,5,7-8H2. The first kappa shape index (κ1) is 11.0. The summed E-state index contributed by atoms with van der Waals surface area (Å²) in [4.78, 5) is 0. The second-order valence-corrected chi connectivity index (χ2v) is 4.45. The lowest BCUT2D eigenvalue weighted by molar-refractivity contribution is 0.457. The quantitative estimate of drug-likeness (QED) is 0.788. The molecule has 1 aromatic rings. The average Bonchev–Trinajstić information content (AvgIpc) is 2.65. The zero-order valence-corrected chi connectivity index (χ0v) is 9.51. The van der Waals surface area contributed by atoms with Crippen LogP contribution in [0, 0.1) is 23.7 Å². The molecule has 0 aromatic heterocycles. The number of hydrogen-bond donors (Lipinski definition) is 1. The summed E-state index contributed by atoms with van der Waals surface area (Å²) in [5, 5.41) is 13.1. The minimum Gasteiger partial charge on any atom is -0.288 e. The van der Waals surface area contributed by atoms with Crippen LogP contribution < -0.4 is 5.32 Å². The van der Waals surface area contributed by atoms with E-state index in [9.17, 15) is 5.26 Å². The fourth-order valence-electron chi connectivity index (χ4n) is 2.11. The molecule has 0 radical (unpaired) electrons. The highest BCUT2D eigenvalue weighted by atomic mass is 35.5. The van der Waals surface area contributed by atoms with Crippen molar-refractivity contribution in [2.75, 3.05) is 6.54 Å². The van der Waals surface area contributed by atoms with E-state index >= 15 is 0 Å². The van der Waals surface area contributed by atoms with Gasteiger partial charge in [0, 0.05) is 17.9 Å². The fraction of sp³-hybridized carbons (Fsp3) is 0.308. The highest BCUT2D eigenvalue weighted by molar-refractivity contribution is 6.30. The second-order valence-electron chi connectivity index (χ2n) is 4.02. The third kappa shape index (κ3) is 1.91. The van der Waals surface area contributed by atoms with E-state index in [-0.39, 0.29) is 0 Å². The highest BCUT2D eigenvalue weighted by Crippen LogP contribution is 2.31. The molecule has 80 valence electrons. The molecule has 3 heteroatoms. The monoisotopic (exact) mass is 230 g/mol. The molecule has 0 spiro atoms. The van der Waals surface area contributed by atoms with Crippen LogP contribution in [-0.4, -0.2) is 12.1 Å². The van der Waals surface area contributed by atoms with Crippen LogP contribution in [0.1, 0.15) is 11.1 Å². The van der Waals surface area contributed by atoms with Crippen LogP contribution >= 0.6 is 11.6 Å². The molecule has 2 rings (SSSR count). The van der Waals surface area contributed by atoms with Crippen molar-refractivity contribution in [1.82, 2.24) is 5.32 Å². The maximum Gasteiger partial charge on any atom is 0.115 e. The van der Waals surface area contributed by atoms with Gasteiger partial charge in [0.25, 0.3) is 0 Å². The maximum atomic E-state index is 9.27. The molecule has 1 atom stereocenters. The van der Waals surface area contributed by atoms with Crippen molar-refractivity contribution in [3.05, 3.63) is 34.3 Å². The Hall–Kier alpha value is -1.48. The molecule has 1 aliphatic rings. The van der Waals surface area contributed by atoms with Crippen molar-refractivity contribution in [2.24, 2.45) is 0 Å². The molecule has 0 aliphatic heterocycles. The van der Waals surface area contributed by atoms with Crippen LogP contribution in [-0.2, 0) is 12.8 Å². The third-order valence-corrected chi connectivity index (χ3v) is 3.13. The van der Waals surface area contributed by atoms with Crippen LogP contribution in [0.4, 0.5) is 0 Å². The summed E-state index contributed by atoms with van der Waals surface area (Å²) >= 11 is 5.93. The van der Waals surface area contributed by atoms with E-state index in [1.807, 2.05) is 18.2 Å². The molecule has 0 fully saturated rings. The summed E-state index contributed by atoms with van der Waals surface area (Å²) in [7, 11) is 0. The molecule has 0 amide bonds. The van der Waals surface area contributed by atoms with Gasteiger partial charge in [-0.15, -0.1) is 6.42 Å². The largest absolute Gasteiger partial charge is 0.288 e. The first-order valence-corrected chi connectivity index (χ1v) is 5.44. The Morgan fingerprint density at radius 1 is 1.44 bits per heavy atom. The molecule has 0 heterocycles. The number of hydrogen-bond acceptors (Lipinski definition) is 2. The number of terminal acetylenes is 1. The van der Waals surface area contributed by atoms with Gasteiger partial charge in [-0.1, -0.05) is 23.6 Å². The highest BCUT2D eigenvalue weighted by Gasteiger charge is 2.36. The van der Waals surface area contributed by atoms with E-state index < -0.39 is 5.54 Å². The first-order valence-electron chi connectivity index (χ1n) is 5.06. The lowest BCUT2D eigenvalue weighted by atomic mass is 9.98. The Balaban J connectivity index is 2.26. The van der Waals surface area contributed by atoms with Crippen LogP contribution in [0.2, 0.25) is 5.02 Å². The van der Waals surface area contributed by atoms with Crippen molar-refractivity contribution >= 4 is 11.6 Å². The lowest BCUT2D eigenvalue weighted by Gasteiger charge is -2.20. The molecule has 0 saturated heterocycles. The fourth-order valence-corrected chi connectivity index (χ4v) is 2.30. The molecular formula is C13H11ClN2. The second kappa shape index (κ2) is 4.18. The van der Waals surface area contributed by atoms with Crippen LogP contribution in [0.5, 0.6) is 0 Å². The van der Waals surface area contributed by atoms with Crippen molar-refractivity contribution in [3.63, 3.8) is 0 Å². The SMILES string of the molecule is C#CCNC1(C#N)Cc2ccc(Cl)cc2C1. The van der Waals surface area contributed by atoms with Gasteiger partial charge >= 0.3 is 0 Å². The minimum absolute atomic E-state index is 0.412. The van der Waals surface area contributed by atoms with Gasteiger partial charge in [0.15, 0.2) is 0 Å². The molecule has 0 bridgehead atoms. The maximum absolute atomic E-state index is 9.27. The molecular weight excluding hydrogens is 220 g/mol. The topological polar surface area (TPSA) is 35.8 Å². The number of nitrogens with one attached hydrogen (secondary N) is 1. The van der Waals surface area contributed by atoms with Crippen LogP contribution in [0.3, 0.4) is 0 Å². The number of nitriles is 1. The Kier molecular flexibility index (Phi) is 2.88. The molecule has 16 heavy (non-hydrogen) atoms. The summed E-state index contributed by atoms with van der Waals surface area (Å²) in [5.74, 6) is 2.50. The number of rotatable bonds is 2. The Morgan fingerprint density at radius 2 is 2.19 bits per heavy atom. The zero-order valence-electron chi connectivity index (χ0n) is 8.76. The van der Waals surface area contributed by atoms with Gasteiger partial charge in [-0.2, -0.15) is 5.26 Å². The summed E-state index contributed by atoms with van der Waals surface area (Å²) in [5.41, 5.74) is 1.76. The van der Waals surface area contributed by atoms with Crippen LogP contribution in [0.25, 0.3) is 0 Å². The Morgan fingerprint density at radius 3 is 2.88 bits per heavy atom. The van der Waals surface area contributed by atoms with Gasteiger partial charge in [0.05, 0.1) is 12.6 Å². The molecule has 1 aromatic carbocycles. The molecule has 1 N–H and O–H groups in total. The lowest BCUT2D eigenvalue weighted by Crippen LogP contribution is -2.44. The third-order valence-electron chi connectivity index (χ3n) is 2.90.